The van der Waals surface area contributed by atoms with Crippen molar-refractivity contribution in [2.24, 2.45) is 5.92 Å². The summed E-state index contributed by atoms with van der Waals surface area (Å²) in [5, 5.41) is 2.86. The summed E-state index contributed by atoms with van der Waals surface area (Å²) in [6.45, 7) is 4.53. The first-order valence-electron chi connectivity index (χ1n) is 7.44. The molecule has 0 aromatic heterocycles. The number of rotatable bonds is 5. The van der Waals surface area contributed by atoms with Crippen LogP contribution in [0.25, 0.3) is 0 Å². The summed E-state index contributed by atoms with van der Waals surface area (Å²) in [5.41, 5.74) is 0.650. The smallest absolute Gasteiger partial charge is 0.247 e. The van der Waals surface area contributed by atoms with Crippen molar-refractivity contribution in [1.82, 2.24) is 4.90 Å². The van der Waals surface area contributed by atoms with Crippen molar-refractivity contribution in [3.8, 4) is 0 Å². The SMILES string of the molecule is CC(C)[C@H](C(=O)Nc1ccc([S@@](C)=O)cc1)N1CCCC1=O. The van der Waals surface area contributed by atoms with E-state index in [1.54, 1.807) is 35.4 Å². The Morgan fingerprint density at radius 3 is 2.36 bits per heavy atom. The number of amides is 2. The molecule has 1 fully saturated rings. The lowest BCUT2D eigenvalue weighted by atomic mass is 10.0. The van der Waals surface area contributed by atoms with Crippen LogP contribution >= 0.6 is 0 Å². The minimum atomic E-state index is -1.04. The highest BCUT2D eigenvalue weighted by atomic mass is 32.2. The van der Waals surface area contributed by atoms with E-state index >= 15 is 0 Å². The van der Waals surface area contributed by atoms with E-state index in [-0.39, 0.29) is 17.7 Å². The van der Waals surface area contributed by atoms with Crippen molar-refractivity contribution in [1.29, 1.82) is 0 Å². The van der Waals surface area contributed by atoms with Crippen LogP contribution in [0.3, 0.4) is 0 Å². The average Bonchev–Trinajstić information content (AvgIpc) is 2.85. The maximum Gasteiger partial charge on any atom is 0.247 e. The number of anilines is 1. The summed E-state index contributed by atoms with van der Waals surface area (Å²) in [6, 6.07) is 6.49. The van der Waals surface area contributed by atoms with Crippen LogP contribution in [-0.2, 0) is 20.4 Å². The lowest BCUT2D eigenvalue weighted by Gasteiger charge is -2.29. The highest BCUT2D eigenvalue weighted by Crippen LogP contribution is 2.21. The fourth-order valence-corrected chi connectivity index (χ4v) is 3.23. The monoisotopic (exact) mass is 322 g/mol. The highest BCUT2D eigenvalue weighted by Gasteiger charge is 2.34. The van der Waals surface area contributed by atoms with E-state index in [0.29, 0.717) is 23.5 Å². The van der Waals surface area contributed by atoms with Crippen LogP contribution < -0.4 is 5.32 Å². The van der Waals surface area contributed by atoms with Crippen molar-refractivity contribution < 1.29 is 13.8 Å². The molecule has 2 rings (SSSR count). The molecule has 0 aliphatic carbocycles. The number of hydrogen-bond donors (Lipinski definition) is 1. The second-order valence-corrected chi connectivity index (χ2v) is 7.23. The van der Waals surface area contributed by atoms with Crippen molar-refractivity contribution in [3.05, 3.63) is 24.3 Å². The van der Waals surface area contributed by atoms with Gasteiger partial charge in [-0.1, -0.05) is 13.8 Å². The van der Waals surface area contributed by atoms with E-state index in [1.807, 2.05) is 13.8 Å². The third-order valence-electron chi connectivity index (χ3n) is 3.80. The number of benzene rings is 1. The zero-order valence-corrected chi connectivity index (χ0v) is 14.0. The van der Waals surface area contributed by atoms with Crippen molar-refractivity contribution in [2.75, 3.05) is 18.1 Å². The van der Waals surface area contributed by atoms with Crippen LogP contribution in [0.4, 0.5) is 5.69 Å². The van der Waals surface area contributed by atoms with Crippen LogP contribution in [0.2, 0.25) is 0 Å². The first kappa shape index (κ1) is 16.7. The van der Waals surface area contributed by atoms with Crippen molar-refractivity contribution in [3.63, 3.8) is 0 Å². The molecule has 1 aromatic rings. The Balaban J connectivity index is 2.11. The maximum atomic E-state index is 12.5. The van der Waals surface area contributed by atoms with Gasteiger partial charge in [-0.3, -0.25) is 13.8 Å². The van der Waals surface area contributed by atoms with Crippen LogP contribution in [0.5, 0.6) is 0 Å². The molecule has 22 heavy (non-hydrogen) atoms. The van der Waals surface area contributed by atoms with E-state index in [2.05, 4.69) is 5.32 Å². The number of hydrogen-bond acceptors (Lipinski definition) is 3. The standard InChI is InChI=1S/C16H22N2O3S/c1-11(2)15(18-10-4-5-14(18)19)16(20)17-12-6-8-13(9-7-12)22(3)21/h6-9,11,15H,4-5,10H2,1-3H3,(H,17,20)/t15-,22-/m1/s1. The Morgan fingerprint density at radius 1 is 1.27 bits per heavy atom. The molecule has 2 atom stereocenters. The van der Waals surface area contributed by atoms with Gasteiger partial charge in [0.1, 0.15) is 6.04 Å². The molecule has 2 amide bonds. The summed E-state index contributed by atoms with van der Waals surface area (Å²) < 4.78 is 11.4. The predicted molar refractivity (Wildman–Crippen MR) is 87.0 cm³/mol. The Labute approximate surface area is 133 Å². The maximum absolute atomic E-state index is 12.5. The van der Waals surface area contributed by atoms with Gasteiger partial charge >= 0.3 is 0 Å². The second-order valence-electron chi connectivity index (χ2n) is 5.85. The summed E-state index contributed by atoms with van der Waals surface area (Å²) in [7, 11) is -1.04. The molecule has 1 aliphatic rings. The number of carbonyl (C=O) groups is 2. The van der Waals surface area contributed by atoms with E-state index in [1.165, 1.54) is 0 Å². The molecule has 5 nitrogen and oxygen atoms in total. The Hall–Kier alpha value is -1.69. The molecule has 6 heteroatoms. The largest absolute Gasteiger partial charge is 0.330 e. The summed E-state index contributed by atoms with van der Waals surface area (Å²) >= 11 is 0. The Morgan fingerprint density at radius 2 is 1.91 bits per heavy atom. The van der Waals surface area contributed by atoms with Gasteiger partial charge in [0, 0.05) is 40.6 Å². The molecule has 1 aliphatic heterocycles. The summed E-state index contributed by atoms with van der Waals surface area (Å²) in [5.74, 6) is -0.0781. The lowest BCUT2D eigenvalue weighted by molar-refractivity contribution is -0.136. The number of nitrogens with one attached hydrogen (secondary N) is 1. The van der Waals surface area contributed by atoms with Gasteiger partial charge in [-0.25, -0.2) is 0 Å². The zero-order valence-electron chi connectivity index (χ0n) is 13.2. The first-order chi connectivity index (χ1) is 10.4. The van der Waals surface area contributed by atoms with Gasteiger partial charge in [-0.2, -0.15) is 0 Å². The third kappa shape index (κ3) is 3.74. The molecule has 120 valence electrons. The molecule has 0 bridgehead atoms. The summed E-state index contributed by atoms with van der Waals surface area (Å²) in [4.78, 5) is 26.8. The van der Waals surface area contributed by atoms with Gasteiger partial charge in [0.15, 0.2) is 0 Å². The van der Waals surface area contributed by atoms with Gasteiger partial charge in [0.2, 0.25) is 11.8 Å². The van der Waals surface area contributed by atoms with Crippen LogP contribution in [0, 0.1) is 5.92 Å². The lowest BCUT2D eigenvalue weighted by Crippen LogP contribution is -2.47. The number of likely N-dealkylation sites (tertiary alicyclic amines) is 1. The van der Waals surface area contributed by atoms with Crippen LogP contribution in [0.1, 0.15) is 26.7 Å². The Kier molecular flexibility index (Phi) is 5.34. The van der Waals surface area contributed by atoms with Crippen LogP contribution in [0.15, 0.2) is 29.2 Å². The van der Waals surface area contributed by atoms with E-state index in [0.717, 1.165) is 6.42 Å². The van der Waals surface area contributed by atoms with Gasteiger partial charge in [0.25, 0.3) is 0 Å². The first-order valence-corrected chi connectivity index (χ1v) is 9.00. The molecule has 1 saturated heterocycles. The van der Waals surface area contributed by atoms with Gasteiger partial charge in [-0.05, 0) is 36.6 Å². The third-order valence-corrected chi connectivity index (χ3v) is 4.74. The normalized spacial score (nSPS) is 17.6. The molecule has 0 unspecified atom stereocenters. The Bertz CT molecular complexity index is 584. The molecule has 0 radical (unpaired) electrons. The molecule has 0 spiro atoms. The molecule has 0 saturated carbocycles. The fraction of sp³-hybridized carbons (Fsp3) is 0.500. The molecule has 1 N–H and O–H groups in total. The minimum absolute atomic E-state index is 0.0458. The van der Waals surface area contributed by atoms with Crippen molar-refractivity contribution in [2.45, 2.75) is 37.6 Å². The zero-order chi connectivity index (χ0) is 16.3. The van der Waals surface area contributed by atoms with E-state index in [9.17, 15) is 13.8 Å². The quantitative estimate of drug-likeness (QED) is 0.902. The van der Waals surface area contributed by atoms with Crippen LogP contribution in [-0.4, -0.2) is 39.8 Å². The average molecular weight is 322 g/mol. The minimum Gasteiger partial charge on any atom is -0.330 e. The molecule has 1 heterocycles. The van der Waals surface area contributed by atoms with Gasteiger partial charge in [0.05, 0.1) is 0 Å². The second kappa shape index (κ2) is 7.05. The molecular formula is C16H22N2O3S. The van der Waals surface area contributed by atoms with Crippen molar-refractivity contribution >= 4 is 28.3 Å². The highest BCUT2D eigenvalue weighted by molar-refractivity contribution is 7.84. The molecular weight excluding hydrogens is 300 g/mol. The number of nitrogens with zero attached hydrogens (tertiary/aromatic N) is 1. The van der Waals surface area contributed by atoms with Gasteiger partial charge in [-0.15, -0.1) is 0 Å². The molecule has 1 aromatic carbocycles. The van der Waals surface area contributed by atoms with E-state index in [4.69, 9.17) is 0 Å². The van der Waals surface area contributed by atoms with Gasteiger partial charge < -0.3 is 10.2 Å². The number of carbonyl (C=O) groups excluding carboxylic acids is 2. The topological polar surface area (TPSA) is 66.5 Å². The van der Waals surface area contributed by atoms with E-state index < -0.39 is 16.8 Å². The predicted octanol–water partition coefficient (Wildman–Crippen LogP) is 2.01. The fourth-order valence-electron chi connectivity index (χ4n) is 2.71. The summed E-state index contributed by atoms with van der Waals surface area (Å²) in [6.07, 6.45) is 2.95.